The lowest BCUT2D eigenvalue weighted by Crippen LogP contribution is -2.32. The van der Waals surface area contributed by atoms with Crippen molar-refractivity contribution in [3.05, 3.63) is 60.3 Å². The van der Waals surface area contributed by atoms with E-state index in [1.807, 2.05) is 42.1 Å². The molecule has 3 aromatic rings. The highest BCUT2D eigenvalue weighted by Crippen LogP contribution is 2.25. The smallest absolute Gasteiger partial charge is 0.166 e. The summed E-state index contributed by atoms with van der Waals surface area (Å²) in [7, 11) is 0. The number of halogens is 1. The van der Waals surface area contributed by atoms with Crippen molar-refractivity contribution >= 4 is 16.6 Å². The Hall–Kier alpha value is -2.40. The van der Waals surface area contributed by atoms with Crippen LogP contribution in [0.5, 0.6) is 0 Å². The van der Waals surface area contributed by atoms with Crippen LogP contribution in [-0.2, 0) is 0 Å². The second-order valence-corrected chi connectivity index (χ2v) is 4.85. The van der Waals surface area contributed by atoms with E-state index in [1.165, 1.54) is 6.20 Å². The van der Waals surface area contributed by atoms with Crippen molar-refractivity contribution in [1.82, 2.24) is 9.66 Å². The molecular formula is C16H16FN3O. The lowest BCUT2D eigenvalue weighted by molar-refractivity contribution is 0.298. The SMILES string of the molecule is Cc1cn(N(CCO)c2ccncc2F)c2ccccc12. The summed E-state index contributed by atoms with van der Waals surface area (Å²) in [6.07, 6.45) is 4.67. The number of pyridine rings is 1. The molecule has 0 fully saturated rings. The maximum absolute atomic E-state index is 14.1. The van der Waals surface area contributed by atoms with Crippen LogP contribution in [0.2, 0.25) is 0 Å². The summed E-state index contributed by atoms with van der Waals surface area (Å²) in [5.74, 6) is -0.415. The van der Waals surface area contributed by atoms with Crippen molar-refractivity contribution in [2.45, 2.75) is 6.92 Å². The van der Waals surface area contributed by atoms with E-state index in [9.17, 15) is 9.50 Å². The van der Waals surface area contributed by atoms with Gasteiger partial charge in [0.2, 0.25) is 0 Å². The molecular weight excluding hydrogens is 269 g/mol. The molecule has 2 aromatic heterocycles. The van der Waals surface area contributed by atoms with Gasteiger partial charge < -0.3 is 5.11 Å². The Balaban J connectivity index is 2.19. The molecule has 0 aliphatic heterocycles. The highest BCUT2D eigenvalue weighted by molar-refractivity contribution is 5.84. The molecule has 1 N–H and O–H groups in total. The van der Waals surface area contributed by atoms with Crippen molar-refractivity contribution in [3.63, 3.8) is 0 Å². The van der Waals surface area contributed by atoms with Crippen LogP contribution in [0.3, 0.4) is 0 Å². The fourth-order valence-electron chi connectivity index (χ4n) is 2.55. The normalized spacial score (nSPS) is 11.0. The van der Waals surface area contributed by atoms with Crippen LogP contribution in [0.15, 0.2) is 48.9 Å². The van der Waals surface area contributed by atoms with Gasteiger partial charge in [-0.1, -0.05) is 18.2 Å². The highest BCUT2D eigenvalue weighted by atomic mass is 19.1. The monoisotopic (exact) mass is 285 g/mol. The quantitative estimate of drug-likeness (QED) is 0.801. The van der Waals surface area contributed by atoms with Gasteiger partial charge in [-0.15, -0.1) is 0 Å². The van der Waals surface area contributed by atoms with Crippen molar-refractivity contribution in [1.29, 1.82) is 0 Å². The average molecular weight is 285 g/mol. The van der Waals surface area contributed by atoms with Crippen molar-refractivity contribution in [2.24, 2.45) is 0 Å². The number of fused-ring (bicyclic) bond motifs is 1. The Morgan fingerprint density at radius 1 is 1.29 bits per heavy atom. The van der Waals surface area contributed by atoms with Gasteiger partial charge in [-0.25, -0.2) is 4.39 Å². The first-order chi connectivity index (χ1) is 10.2. The Kier molecular flexibility index (Phi) is 3.58. The largest absolute Gasteiger partial charge is 0.394 e. The number of aliphatic hydroxyl groups is 1. The van der Waals surface area contributed by atoms with E-state index in [1.54, 1.807) is 17.3 Å². The fourth-order valence-corrected chi connectivity index (χ4v) is 2.55. The molecule has 3 rings (SSSR count). The van der Waals surface area contributed by atoms with E-state index in [2.05, 4.69) is 4.98 Å². The lowest BCUT2D eigenvalue weighted by Gasteiger charge is -2.26. The Morgan fingerprint density at radius 3 is 2.86 bits per heavy atom. The Morgan fingerprint density at radius 2 is 2.10 bits per heavy atom. The van der Waals surface area contributed by atoms with Gasteiger partial charge in [-0.2, -0.15) is 0 Å². The molecule has 0 atom stereocenters. The summed E-state index contributed by atoms with van der Waals surface area (Å²) in [5, 5.41) is 12.2. The average Bonchev–Trinajstić information content (AvgIpc) is 2.83. The maximum Gasteiger partial charge on any atom is 0.166 e. The van der Waals surface area contributed by atoms with Crippen LogP contribution < -0.4 is 5.01 Å². The van der Waals surface area contributed by atoms with Gasteiger partial charge in [-0.3, -0.25) is 14.7 Å². The van der Waals surface area contributed by atoms with Gasteiger partial charge in [0.1, 0.15) is 0 Å². The fraction of sp³-hybridized carbons (Fsp3) is 0.188. The summed E-state index contributed by atoms with van der Waals surface area (Å²) in [6, 6.07) is 9.53. The van der Waals surface area contributed by atoms with Crippen LogP contribution in [0.1, 0.15) is 5.56 Å². The second-order valence-electron chi connectivity index (χ2n) is 4.85. The number of rotatable bonds is 4. The number of hydrogen-bond acceptors (Lipinski definition) is 3. The molecule has 2 heterocycles. The zero-order valence-electron chi connectivity index (χ0n) is 11.7. The Labute approximate surface area is 122 Å². The highest BCUT2D eigenvalue weighted by Gasteiger charge is 2.16. The molecule has 4 nitrogen and oxygen atoms in total. The van der Waals surface area contributed by atoms with Crippen molar-refractivity contribution < 1.29 is 9.50 Å². The number of aliphatic hydroxyl groups excluding tert-OH is 1. The first kappa shape index (κ1) is 13.6. The standard InChI is InChI=1S/C16H16FN3O/c1-12-11-20(15-5-3-2-4-13(12)15)19(8-9-21)16-6-7-18-10-14(16)17/h2-7,10-11,21H,8-9H2,1H3. The molecule has 0 aliphatic carbocycles. The van der Waals surface area contributed by atoms with Crippen molar-refractivity contribution in [2.75, 3.05) is 18.2 Å². The molecule has 5 heteroatoms. The van der Waals surface area contributed by atoms with Crippen LogP contribution in [0.4, 0.5) is 10.1 Å². The summed E-state index contributed by atoms with van der Waals surface area (Å²) in [4.78, 5) is 3.78. The summed E-state index contributed by atoms with van der Waals surface area (Å²) in [6.45, 7) is 2.23. The van der Waals surface area contributed by atoms with E-state index < -0.39 is 5.82 Å². The molecule has 0 spiro atoms. The van der Waals surface area contributed by atoms with E-state index in [0.717, 1.165) is 16.5 Å². The van der Waals surface area contributed by atoms with Crippen LogP contribution in [0.25, 0.3) is 10.9 Å². The summed E-state index contributed by atoms with van der Waals surface area (Å²) >= 11 is 0. The lowest BCUT2D eigenvalue weighted by atomic mass is 10.2. The van der Waals surface area contributed by atoms with E-state index in [4.69, 9.17) is 0 Å². The minimum absolute atomic E-state index is 0.0761. The summed E-state index contributed by atoms with van der Waals surface area (Å²) < 4.78 is 15.9. The third kappa shape index (κ3) is 2.36. The van der Waals surface area contributed by atoms with Gasteiger partial charge in [-0.05, 0) is 24.6 Å². The minimum Gasteiger partial charge on any atom is -0.394 e. The molecule has 108 valence electrons. The number of anilines is 1. The number of benzene rings is 1. The summed E-state index contributed by atoms with van der Waals surface area (Å²) in [5.41, 5.74) is 2.46. The number of aromatic nitrogens is 2. The minimum atomic E-state index is -0.415. The molecule has 1 aromatic carbocycles. The molecule has 0 saturated carbocycles. The number of para-hydroxylation sites is 1. The zero-order valence-corrected chi connectivity index (χ0v) is 11.7. The molecule has 0 bridgehead atoms. The van der Waals surface area contributed by atoms with E-state index in [-0.39, 0.29) is 6.61 Å². The maximum atomic E-state index is 14.1. The number of nitrogens with zero attached hydrogens (tertiary/aromatic N) is 3. The molecule has 0 unspecified atom stereocenters. The Bertz CT molecular complexity index is 769. The van der Waals surface area contributed by atoms with Crippen LogP contribution in [-0.4, -0.2) is 27.9 Å². The number of aryl methyl sites for hydroxylation is 1. The van der Waals surface area contributed by atoms with Crippen LogP contribution in [0, 0.1) is 12.7 Å². The topological polar surface area (TPSA) is 41.3 Å². The second kappa shape index (κ2) is 5.54. The first-order valence-electron chi connectivity index (χ1n) is 6.77. The molecule has 0 aliphatic rings. The van der Waals surface area contributed by atoms with Gasteiger partial charge >= 0.3 is 0 Å². The third-order valence-electron chi connectivity index (χ3n) is 3.49. The van der Waals surface area contributed by atoms with Gasteiger partial charge in [0, 0.05) is 17.8 Å². The van der Waals surface area contributed by atoms with Crippen LogP contribution >= 0.6 is 0 Å². The molecule has 0 amide bonds. The predicted octanol–water partition coefficient (Wildman–Crippen LogP) is 2.75. The molecule has 0 radical (unpaired) electrons. The van der Waals surface area contributed by atoms with Gasteiger partial charge in [0.15, 0.2) is 5.82 Å². The first-order valence-corrected chi connectivity index (χ1v) is 6.77. The van der Waals surface area contributed by atoms with Gasteiger partial charge in [0.25, 0.3) is 0 Å². The molecule has 0 saturated heterocycles. The number of hydrogen-bond donors (Lipinski definition) is 1. The van der Waals surface area contributed by atoms with Gasteiger partial charge in [0.05, 0.1) is 30.6 Å². The van der Waals surface area contributed by atoms with Crippen molar-refractivity contribution in [3.8, 4) is 0 Å². The predicted molar refractivity (Wildman–Crippen MR) is 80.7 cm³/mol. The third-order valence-corrected chi connectivity index (χ3v) is 3.49. The van der Waals surface area contributed by atoms with E-state index >= 15 is 0 Å². The van der Waals surface area contributed by atoms with E-state index in [0.29, 0.717) is 12.2 Å². The zero-order chi connectivity index (χ0) is 14.8. The molecule has 21 heavy (non-hydrogen) atoms.